The first kappa shape index (κ1) is 18.6. The van der Waals surface area contributed by atoms with Crippen LogP contribution in [0.3, 0.4) is 0 Å². The van der Waals surface area contributed by atoms with Crippen molar-refractivity contribution >= 4 is 27.8 Å². The van der Waals surface area contributed by atoms with E-state index in [1.807, 2.05) is 0 Å². The Hall–Kier alpha value is -1.44. The van der Waals surface area contributed by atoms with Crippen LogP contribution < -0.4 is 0 Å². The molecule has 0 aliphatic rings. The summed E-state index contributed by atoms with van der Waals surface area (Å²) < 4.78 is 15.8. The number of carbonyl (C=O) groups excluding carboxylic acids is 2. The van der Waals surface area contributed by atoms with E-state index in [9.17, 15) is 9.59 Å². The number of methoxy groups -OCH3 is 2. The predicted octanol–water partition coefficient (Wildman–Crippen LogP) is 1.73. The van der Waals surface area contributed by atoms with Gasteiger partial charge in [0.2, 0.25) is 0 Å². The van der Waals surface area contributed by atoms with Crippen molar-refractivity contribution in [1.29, 1.82) is 0 Å². The maximum Gasteiger partial charge on any atom is 0.338 e. The van der Waals surface area contributed by atoms with Gasteiger partial charge in [-0.15, -0.1) is 0 Å². The summed E-state index contributed by atoms with van der Waals surface area (Å²) in [6, 6.07) is 6.73. The number of esters is 1. The minimum Gasteiger partial charge on any atom is -0.452 e. The summed E-state index contributed by atoms with van der Waals surface area (Å²) in [6.07, 6.45) is 0. The Kier molecular flexibility index (Phi) is 8.72. The third-order valence-electron chi connectivity index (χ3n) is 2.89. The van der Waals surface area contributed by atoms with Gasteiger partial charge in [-0.05, 0) is 24.3 Å². The summed E-state index contributed by atoms with van der Waals surface area (Å²) in [5.74, 6) is -0.807. The van der Waals surface area contributed by atoms with Crippen LogP contribution in [-0.4, -0.2) is 63.9 Å². The molecule has 0 bridgehead atoms. The SMILES string of the molecule is COCCN(CCOC)C(=O)COC(=O)c1ccc(Br)cc1. The van der Waals surface area contributed by atoms with Gasteiger partial charge in [-0.2, -0.15) is 0 Å². The molecule has 0 unspecified atom stereocenters. The summed E-state index contributed by atoms with van der Waals surface area (Å²) >= 11 is 3.29. The van der Waals surface area contributed by atoms with Crippen molar-refractivity contribution in [3.05, 3.63) is 34.3 Å². The molecule has 1 aromatic rings. The molecular weight excluding hydrogens is 354 g/mol. The Morgan fingerprint density at radius 2 is 1.59 bits per heavy atom. The van der Waals surface area contributed by atoms with Gasteiger partial charge in [-0.25, -0.2) is 4.79 Å². The van der Waals surface area contributed by atoms with E-state index in [2.05, 4.69) is 15.9 Å². The molecule has 0 aromatic heterocycles. The van der Waals surface area contributed by atoms with Crippen molar-refractivity contribution in [3.63, 3.8) is 0 Å². The summed E-state index contributed by atoms with van der Waals surface area (Å²) in [5.41, 5.74) is 0.399. The van der Waals surface area contributed by atoms with E-state index in [1.54, 1.807) is 43.4 Å². The van der Waals surface area contributed by atoms with Crippen LogP contribution in [0.15, 0.2) is 28.7 Å². The van der Waals surface area contributed by atoms with Gasteiger partial charge in [0.05, 0.1) is 18.8 Å². The highest BCUT2D eigenvalue weighted by atomic mass is 79.9. The topological polar surface area (TPSA) is 65.1 Å². The molecule has 6 nitrogen and oxygen atoms in total. The molecule has 122 valence electrons. The van der Waals surface area contributed by atoms with Gasteiger partial charge in [0, 0.05) is 31.8 Å². The number of benzene rings is 1. The molecule has 0 N–H and O–H groups in total. The highest BCUT2D eigenvalue weighted by Crippen LogP contribution is 2.11. The second-order valence-corrected chi connectivity index (χ2v) is 5.37. The zero-order valence-corrected chi connectivity index (χ0v) is 14.3. The largest absolute Gasteiger partial charge is 0.452 e. The molecule has 1 amide bonds. The minimum absolute atomic E-state index is 0.278. The van der Waals surface area contributed by atoms with Crippen molar-refractivity contribution < 1.29 is 23.8 Å². The van der Waals surface area contributed by atoms with Crippen LogP contribution in [0.2, 0.25) is 0 Å². The number of nitrogens with zero attached hydrogens (tertiary/aromatic N) is 1. The van der Waals surface area contributed by atoms with Crippen LogP contribution in [0.4, 0.5) is 0 Å². The number of hydrogen-bond acceptors (Lipinski definition) is 5. The number of hydrogen-bond donors (Lipinski definition) is 0. The third-order valence-corrected chi connectivity index (χ3v) is 3.42. The first-order valence-corrected chi connectivity index (χ1v) is 7.56. The maximum absolute atomic E-state index is 12.1. The molecule has 0 fully saturated rings. The maximum atomic E-state index is 12.1. The monoisotopic (exact) mass is 373 g/mol. The molecule has 0 aliphatic heterocycles. The van der Waals surface area contributed by atoms with Crippen LogP contribution in [-0.2, 0) is 19.0 Å². The van der Waals surface area contributed by atoms with E-state index in [0.717, 1.165) is 4.47 Å². The Bertz CT molecular complexity index is 469. The summed E-state index contributed by atoms with van der Waals surface area (Å²) in [7, 11) is 3.12. The zero-order valence-electron chi connectivity index (χ0n) is 12.7. The molecule has 0 saturated heterocycles. The lowest BCUT2D eigenvalue weighted by atomic mass is 10.2. The molecule has 0 atom stereocenters. The van der Waals surface area contributed by atoms with Gasteiger partial charge >= 0.3 is 5.97 Å². The number of amides is 1. The number of halogens is 1. The van der Waals surface area contributed by atoms with Crippen LogP contribution in [0.1, 0.15) is 10.4 Å². The second kappa shape index (κ2) is 10.3. The average molecular weight is 374 g/mol. The fraction of sp³-hybridized carbons (Fsp3) is 0.467. The highest BCUT2D eigenvalue weighted by molar-refractivity contribution is 9.10. The summed E-state index contributed by atoms with van der Waals surface area (Å²) in [6.45, 7) is 1.37. The second-order valence-electron chi connectivity index (χ2n) is 4.45. The van der Waals surface area contributed by atoms with Crippen LogP contribution in [0, 0.1) is 0 Å². The smallest absolute Gasteiger partial charge is 0.338 e. The lowest BCUT2D eigenvalue weighted by Crippen LogP contribution is -2.39. The van der Waals surface area contributed by atoms with E-state index >= 15 is 0 Å². The minimum atomic E-state index is -0.528. The fourth-order valence-electron chi connectivity index (χ4n) is 1.65. The number of rotatable bonds is 9. The first-order valence-electron chi connectivity index (χ1n) is 6.76. The van der Waals surface area contributed by atoms with E-state index in [4.69, 9.17) is 14.2 Å². The molecule has 0 saturated carbocycles. The van der Waals surface area contributed by atoms with Crippen LogP contribution >= 0.6 is 15.9 Å². The van der Waals surface area contributed by atoms with Crippen molar-refractivity contribution in [2.45, 2.75) is 0 Å². The Morgan fingerprint density at radius 1 is 1.05 bits per heavy atom. The van der Waals surface area contributed by atoms with Gasteiger partial charge in [0.15, 0.2) is 6.61 Å². The van der Waals surface area contributed by atoms with E-state index < -0.39 is 5.97 Å². The number of carbonyl (C=O) groups is 2. The summed E-state index contributed by atoms with van der Waals surface area (Å²) in [4.78, 5) is 25.5. The number of ether oxygens (including phenoxy) is 3. The molecule has 0 heterocycles. The Balaban J connectivity index is 2.50. The van der Waals surface area contributed by atoms with Gasteiger partial charge in [-0.3, -0.25) is 4.79 Å². The standard InChI is InChI=1S/C15H20BrNO5/c1-20-9-7-17(8-10-21-2)14(18)11-22-15(19)12-3-5-13(16)6-4-12/h3-6H,7-11H2,1-2H3. The average Bonchev–Trinajstić information content (AvgIpc) is 2.53. The predicted molar refractivity (Wildman–Crippen MR) is 84.8 cm³/mol. The normalized spacial score (nSPS) is 10.3. The van der Waals surface area contributed by atoms with Gasteiger partial charge in [0.1, 0.15) is 0 Å². The Morgan fingerprint density at radius 3 is 2.09 bits per heavy atom. The van der Waals surface area contributed by atoms with Gasteiger partial charge < -0.3 is 19.1 Å². The molecule has 0 spiro atoms. The third kappa shape index (κ3) is 6.55. The van der Waals surface area contributed by atoms with E-state index in [0.29, 0.717) is 31.9 Å². The van der Waals surface area contributed by atoms with Crippen molar-refractivity contribution in [3.8, 4) is 0 Å². The summed E-state index contributed by atoms with van der Waals surface area (Å²) in [5, 5.41) is 0. The lowest BCUT2D eigenvalue weighted by molar-refractivity contribution is -0.135. The molecular formula is C15H20BrNO5. The molecule has 22 heavy (non-hydrogen) atoms. The first-order chi connectivity index (χ1) is 10.6. The van der Waals surface area contributed by atoms with Gasteiger partial charge in [0.25, 0.3) is 5.91 Å². The van der Waals surface area contributed by atoms with Crippen molar-refractivity contribution in [2.24, 2.45) is 0 Å². The fourth-order valence-corrected chi connectivity index (χ4v) is 1.92. The highest BCUT2D eigenvalue weighted by Gasteiger charge is 2.16. The van der Waals surface area contributed by atoms with Gasteiger partial charge in [-0.1, -0.05) is 15.9 Å². The van der Waals surface area contributed by atoms with Crippen molar-refractivity contribution in [1.82, 2.24) is 4.90 Å². The van der Waals surface area contributed by atoms with E-state index in [-0.39, 0.29) is 12.5 Å². The zero-order chi connectivity index (χ0) is 16.4. The van der Waals surface area contributed by atoms with Crippen LogP contribution in [0.25, 0.3) is 0 Å². The molecule has 1 aromatic carbocycles. The Labute approximate surface area is 138 Å². The molecule has 7 heteroatoms. The van der Waals surface area contributed by atoms with Crippen molar-refractivity contribution in [2.75, 3.05) is 47.1 Å². The van der Waals surface area contributed by atoms with Crippen LogP contribution in [0.5, 0.6) is 0 Å². The molecule has 1 rings (SSSR count). The quantitative estimate of drug-likeness (QED) is 0.616. The lowest BCUT2D eigenvalue weighted by Gasteiger charge is -2.21. The molecule has 0 radical (unpaired) electrons. The molecule has 0 aliphatic carbocycles. The van der Waals surface area contributed by atoms with E-state index in [1.165, 1.54) is 0 Å².